The average molecular weight is 344 g/mol. The second-order valence-electron chi connectivity index (χ2n) is 6.61. The van der Waals surface area contributed by atoms with Crippen molar-refractivity contribution in [2.75, 3.05) is 14.2 Å². The quantitative estimate of drug-likeness (QED) is 0.798. The van der Waals surface area contributed by atoms with E-state index in [9.17, 15) is 4.79 Å². The number of carbonyl (C=O) groups is 1. The predicted molar refractivity (Wildman–Crippen MR) is 98.1 cm³/mol. The molecule has 1 aromatic carbocycles. The first-order chi connectivity index (χ1) is 11.9. The van der Waals surface area contributed by atoms with Crippen LogP contribution in [0.15, 0.2) is 30.5 Å². The Balaban J connectivity index is 2.00. The fourth-order valence-electron chi connectivity index (χ4n) is 2.55. The summed E-state index contributed by atoms with van der Waals surface area (Å²) in [7, 11) is 5.50. The van der Waals surface area contributed by atoms with Gasteiger partial charge >= 0.3 is 0 Å². The minimum absolute atomic E-state index is 0.134. The lowest BCUT2D eigenvalue weighted by atomic mass is 10.1. The molecule has 0 saturated heterocycles. The van der Waals surface area contributed by atoms with Gasteiger partial charge in [0.25, 0.3) is 5.91 Å². The molecule has 2 aromatic rings. The highest BCUT2D eigenvalue weighted by molar-refractivity contribution is 5.95. The van der Waals surface area contributed by atoms with Crippen LogP contribution in [0.25, 0.3) is 0 Å². The zero-order valence-electron chi connectivity index (χ0n) is 15.7. The molecule has 0 fully saturated rings. The number of ether oxygens (including phenoxy) is 1. The number of hydrogen-bond acceptors (Lipinski definition) is 4. The Hall–Kier alpha value is -2.18. The first kappa shape index (κ1) is 19.1. The highest BCUT2D eigenvalue weighted by Gasteiger charge is 2.15. The molecular weight excluding hydrogens is 316 g/mol. The van der Waals surface area contributed by atoms with E-state index in [2.05, 4.69) is 48.3 Å². The molecule has 0 spiro atoms. The van der Waals surface area contributed by atoms with Gasteiger partial charge in [-0.25, -0.2) is 0 Å². The van der Waals surface area contributed by atoms with Crippen LogP contribution in [-0.2, 0) is 31.5 Å². The smallest absolute Gasteiger partial charge is 0.255 e. The van der Waals surface area contributed by atoms with Crippen molar-refractivity contribution in [3.05, 3.63) is 52.8 Å². The Labute approximate surface area is 149 Å². The number of methoxy groups -OCH3 is 1. The van der Waals surface area contributed by atoms with E-state index in [1.807, 2.05) is 12.1 Å². The van der Waals surface area contributed by atoms with Crippen molar-refractivity contribution in [1.82, 2.24) is 20.0 Å². The summed E-state index contributed by atoms with van der Waals surface area (Å²) in [4.78, 5) is 14.7. The molecule has 1 N–H and O–H groups in total. The summed E-state index contributed by atoms with van der Waals surface area (Å²) in [5.74, 6) is -0.134. The minimum Gasteiger partial charge on any atom is -0.378 e. The highest BCUT2D eigenvalue weighted by atomic mass is 16.5. The maximum Gasteiger partial charge on any atom is 0.255 e. The summed E-state index contributed by atoms with van der Waals surface area (Å²) in [5.41, 5.74) is 3.53. The Bertz CT molecular complexity index is 709. The van der Waals surface area contributed by atoms with Crippen LogP contribution in [0.3, 0.4) is 0 Å². The largest absolute Gasteiger partial charge is 0.378 e. The number of carbonyl (C=O) groups excluding carboxylic acids is 1. The molecule has 1 aromatic heterocycles. The van der Waals surface area contributed by atoms with E-state index < -0.39 is 0 Å². The summed E-state index contributed by atoms with van der Waals surface area (Å²) in [6, 6.07) is 8.80. The fourth-order valence-corrected chi connectivity index (χ4v) is 2.55. The normalized spacial score (nSPS) is 11.3. The van der Waals surface area contributed by atoms with E-state index in [4.69, 9.17) is 4.74 Å². The number of benzene rings is 1. The topological polar surface area (TPSA) is 59.4 Å². The molecular formula is C19H28N4O2. The van der Waals surface area contributed by atoms with Gasteiger partial charge in [-0.1, -0.05) is 24.3 Å². The average Bonchev–Trinajstić information content (AvgIpc) is 2.94. The van der Waals surface area contributed by atoms with Gasteiger partial charge in [0.1, 0.15) is 5.69 Å². The summed E-state index contributed by atoms with van der Waals surface area (Å²) in [6.45, 7) is 6.05. The maximum absolute atomic E-state index is 12.5. The Morgan fingerprint density at radius 2 is 2.08 bits per heavy atom. The number of aryl methyl sites for hydroxylation is 1. The van der Waals surface area contributed by atoms with E-state index in [-0.39, 0.29) is 5.91 Å². The lowest BCUT2D eigenvalue weighted by molar-refractivity contribution is 0.0946. The van der Waals surface area contributed by atoms with Crippen LogP contribution in [0.4, 0.5) is 0 Å². The van der Waals surface area contributed by atoms with Crippen LogP contribution in [0, 0.1) is 0 Å². The van der Waals surface area contributed by atoms with Gasteiger partial charge in [0.15, 0.2) is 0 Å². The SMILES string of the molecule is COCc1nn(C)cc1C(=O)NCc1cccc(CN(C)C(C)C)c1. The molecule has 2 rings (SSSR count). The lowest BCUT2D eigenvalue weighted by Crippen LogP contribution is -2.26. The van der Waals surface area contributed by atoms with E-state index in [1.165, 1.54) is 5.56 Å². The number of aromatic nitrogens is 2. The molecule has 136 valence electrons. The van der Waals surface area contributed by atoms with Crippen LogP contribution in [0.2, 0.25) is 0 Å². The number of nitrogens with one attached hydrogen (secondary N) is 1. The van der Waals surface area contributed by atoms with Crippen molar-refractivity contribution in [1.29, 1.82) is 0 Å². The number of amides is 1. The number of rotatable bonds is 8. The molecule has 25 heavy (non-hydrogen) atoms. The summed E-state index contributed by atoms with van der Waals surface area (Å²) < 4.78 is 6.74. The van der Waals surface area contributed by atoms with E-state index in [1.54, 1.807) is 25.0 Å². The van der Waals surface area contributed by atoms with Gasteiger partial charge in [-0.3, -0.25) is 14.4 Å². The van der Waals surface area contributed by atoms with Gasteiger partial charge in [0, 0.05) is 39.5 Å². The highest BCUT2D eigenvalue weighted by Crippen LogP contribution is 2.11. The summed E-state index contributed by atoms with van der Waals surface area (Å²) >= 11 is 0. The minimum atomic E-state index is -0.134. The lowest BCUT2D eigenvalue weighted by Gasteiger charge is -2.21. The molecule has 1 amide bonds. The molecule has 0 unspecified atom stereocenters. The zero-order chi connectivity index (χ0) is 18.4. The molecule has 0 aliphatic rings. The standard InChI is InChI=1S/C19H28N4O2/c1-14(2)22(3)11-16-8-6-7-15(9-16)10-20-19(24)17-12-23(4)21-18(17)13-25-5/h6-9,12,14H,10-11,13H2,1-5H3,(H,20,24). The molecule has 0 saturated carbocycles. The Morgan fingerprint density at radius 1 is 1.36 bits per heavy atom. The second kappa shape index (κ2) is 8.78. The van der Waals surface area contributed by atoms with E-state index in [0.717, 1.165) is 12.1 Å². The van der Waals surface area contributed by atoms with Crippen LogP contribution >= 0.6 is 0 Å². The summed E-state index contributed by atoms with van der Waals surface area (Å²) in [5, 5.41) is 7.23. The Kier molecular flexibility index (Phi) is 6.73. The fraction of sp³-hybridized carbons (Fsp3) is 0.474. The first-order valence-corrected chi connectivity index (χ1v) is 8.48. The van der Waals surface area contributed by atoms with E-state index in [0.29, 0.717) is 30.5 Å². The molecule has 0 aliphatic carbocycles. The molecule has 0 aliphatic heterocycles. The van der Waals surface area contributed by atoms with E-state index >= 15 is 0 Å². The van der Waals surface area contributed by atoms with Crippen LogP contribution in [0.1, 0.15) is 41.0 Å². The predicted octanol–water partition coefficient (Wildman–Crippen LogP) is 2.34. The van der Waals surface area contributed by atoms with Gasteiger partial charge in [0.2, 0.25) is 0 Å². The maximum atomic E-state index is 12.5. The third kappa shape index (κ3) is 5.41. The molecule has 1 heterocycles. The first-order valence-electron chi connectivity index (χ1n) is 8.48. The van der Waals surface area contributed by atoms with Crippen molar-refractivity contribution in [3.8, 4) is 0 Å². The van der Waals surface area contributed by atoms with Crippen molar-refractivity contribution >= 4 is 5.91 Å². The molecule has 0 bridgehead atoms. The number of hydrogen-bond donors (Lipinski definition) is 1. The van der Waals surface area contributed by atoms with Crippen LogP contribution < -0.4 is 5.32 Å². The second-order valence-corrected chi connectivity index (χ2v) is 6.61. The van der Waals surface area contributed by atoms with Crippen molar-refractivity contribution in [2.24, 2.45) is 7.05 Å². The third-order valence-electron chi connectivity index (χ3n) is 4.19. The molecule has 6 heteroatoms. The van der Waals surface area contributed by atoms with Crippen molar-refractivity contribution in [2.45, 2.75) is 39.6 Å². The van der Waals surface area contributed by atoms with Crippen LogP contribution in [0.5, 0.6) is 0 Å². The summed E-state index contributed by atoms with van der Waals surface area (Å²) in [6.07, 6.45) is 1.72. The zero-order valence-corrected chi connectivity index (χ0v) is 15.7. The van der Waals surface area contributed by atoms with Crippen molar-refractivity contribution < 1.29 is 9.53 Å². The Morgan fingerprint density at radius 3 is 2.76 bits per heavy atom. The molecule has 0 radical (unpaired) electrons. The van der Waals surface area contributed by atoms with Gasteiger partial charge in [0.05, 0.1) is 12.2 Å². The monoisotopic (exact) mass is 344 g/mol. The molecule has 0 atom stereocenters. The van der Waals surface area contributed by atoms with Crippen molar-refractivity contribution in [3.63, 3.8) is 0 Å². The van der Waals surface area contributed by atoms with Crippen LogP contribution in [-0.4, -0.2) is 40.8 Å². The van der Waals surface area contributed by atoms with Gasteiger partial charge in [-0.2, -0.15) is 5.10 Å². The van der Waals surface area contributed by atoms with Gasteiger partial charge in [-0.05, 0) is 32.0 Å². The number of nitrogens with zero attached hydrogens (tertiary/aromatic N) is 3. The van der Waals surface area contributed by atoms with Gasteiger partial charge in [-0.15, -0.1) is 0 Å². The molecule has 6 nitrogen and oxygen atoms in total. The third-order valence-corrected chi connectivity index (χ3v) is 4.19. The van der Waals surface area contributed by atoms with Gasteiger partial charge < -0.3 is 10.1 Å².